The molecule has 104 valence electrons. The van der Waals surface area contributed by atoms with Gasteiger partial charge < -0.3 is 10.6 Å². The van der Waals surface area contributed by atoms with Gasteiger partial charge in [0.25, 0.3) is 0 Å². The maximum absolute atomic E-state index is 12.2. The van der Waals surface area contributed by atoms with Crippen LogP contribution < -0.4 is 10.6 Å². The highest BCUT2D eigenvalue weighted by Crippen LogP contribution is 2.21. The second kappa shape index (κ2) is 5.46. The van der Waals surface area contributed by atoms with Crippen molar-refractivity contribution in [3.05, 3.63) is 36.5 Å². The molecular formula is C15H18N4O. The average Bonchev–Trinajstić information content (AvgIpc) is 3.09. The van der Waals surface area contributed by atoms with Crippen LogP contribution in [0.15, 0.2) is 36.5 Å². The molecule has 1 aromatic heterocycles. The van der Waals surface area contributed by atoms with Crippen LogP contribution in [0.3, 0.4) is 0 Å². The fourth-order valence-corrected chi connectivity index (χ4v) is 2.59. The van der Waals surface area contributed by atoms with E-state index in [2.05, 4.69) is 27.8 Å². The van der Waals surface area contributed by atoms with E-state index in [0.29, 0.717) is 5.92 Å². The lowest BCUT2D eigenvalue weighted by atomic mass is 10.0. The van der Waals surface area contributed by atoms with Gasteiger partial charge in [0, 0.05) is 17.4 Å². The van der Waals surface area contributed by atoms with Crippen molar-refractivity contribution < 1.29 is 4.79 Å². The molecule has 0 radical (unpaired) electrons. The molecule has 5 nitrogen and oxygen atoms in total. The minimum atomic E-state index is -0.0918. The van der Waals surface area contributed by atoms with Crippen LogP contribution in [0.2, 0.25) is 0 Å². The van der Waals surface area contributed by atoms with Gasteiger partial charge in [0.2, 0.25) is 5.91 Å². The Balaban J connectivity index is 1.74. The van der Waals surface area contributed by atoms with Crippen molar-refractivity contribution in [2.45, 2.75) is 19.4 Å². The molecule has 1 aromatic carbocycles. The van der Waals surface area contributed by atoms with Crippen LogP contribution in [0.5, 0.6) is 0 Å². The largest absolute Gasteiger partial charge is 0.325 e. The zero-order chi connectivity index (χ0) is 13.9. The molecular weight excluding hydrogens is 252 g/mol. The highest BCUT2D eigenvalue weighted by atomic mass is 16.2. The van der Waals surface area contributed by atoms with Gasteiger partial charge in [-0.15, -0.1) is 0 Å². The van der Waals surface area contributed by atoms with Crippen LogP contribution in [0.4, 0.5) is 5.69 Å². The molecule has 1 aliphatic heterocycles. The molecule has 20 heavy (non-hydrogen) atoms. The number of anilines is 1. The zero-order valence-electron chi connectivity index (χ0n) is 11.4. The first-order valence-electron chi connectivity index (χ1n) is 6.88. The third kappa shape index (κ3) is 2.58. The lowest BCUT2D eigenvalue weighted by Crippen LogP contribution is -2.39. The molecule has 2 unspecified atom stereocenters. The van der Waals surface area contributed by atoms with Crippen LogP contribution >= 0.6 is 0 Å². The van der Waals surface area contributed by atoms with E-state index in [1.807, 2.05) is 30.3 Å². The molecule has 1 saturated heterocycles. The molecule has 2 atom stereocenters. The van der Waals surface area contributed by atoms with E-state index >= 15 is 0 Å². The van der Waals surface area contributed by atoms with Crippen molar-refractivity contribution in [2.24, 2.45) is 5.92 Å². The van der Waals surface area contributed by atoms with Gasteiger partial charge >= 0.3 is 0 Å². The number of carbonyl (C=O) groups excluding carboxylic acids is 1. The van der Waals surface area contributed by atoms with E-state index < -0.39 is 0 Å². The zero-order valence-corrected chi connectivity index (χ0v) is 11.4. The van der Waals surface area contributed by atoms with Crippen LogP contribution in [0, 0.1) is 5.92 Å². The maximum atomic E-state index is 12.2. The number of aromatic nitrogens is 2. The number of carbonyl (C=O) groups is 1. The fraction of sp³-hybridized carbons (Fsp3) is 0.333. The van der Waals surface area contributed by atoms with E-state index in [1.165, 1.54) is 0 Å². The molecule has 0 bridgehead atoms. The Morgan fingerprint density at radius 1 is 1.40 bits per heavy atom. The standard InChI is InChI=1S/C15H18N4O/c1-10-5-7-16-14(10)15(20)18-12-4-2-3-11(9-12)13-6-8-17-19-13/h2-4,6,8-10,14,16H,5,7H2,1H3,(H,17,19)(H,18,20). The van der Waals surface area contributed by atoms with Crippen LogP contribution in [0.1, 0.15) is 13.3 Å². The summed E-state index contributed by atoms with van der Waals surface area (Å²) in [5.41, 5.74) is 2.75. The third-order valence-electron chi connectivity index (χ3n) is 3.76. The summed E-state index contributed by atoms with van der Waals surface area (Å²) < 4.78 is 0. The molecule has 0 saturated carbocycles. The second-order valence-corrected chi connectivity index (χ2v) is 5.24. The van der Waals surface area contributed by atoms with E-state index in [-0.39, 0.29) is 11.9 Å². The van der Waals surface area contributed by atoms with Gasteiger partial charge in [-0.3, -0.25) is 9.89 Å². The lowest BCUT2D eigenvalue weighted by molar-refractivity contribution is -0.118. The number of hydrogen-bond donors (Lipinski definition) is 3. The Morgan fingerprint density at radius 2 is 2.30 bits per heavy atom. The van der Waals surface area contributed by atoms with Gasteiger partial charge in [-0.05, 0) is 37.1 Å². The molecule has 0 aliphatic carbocycles. The normalized spacial score (nSPS) is 21.9. The summed E-state index contributed by atoms with van der Waals surface area (Å²) >= 11 is 0. The predicted octanol–water partition coefficient (Wildman–Crippen LogP) is 2.01. The Hall–Kier alpha value is -2.14. The summed E-state index contributed by atoms with van der Waals surface area (Å²) in [6, 6.07) is 9.58. The number of H-pyrrole nitrogens is 1. The summed E-state index contributed by atoms with van der Waals surface area (Å²) in [7, 11) is 0. The quantitative estimate of drug-likeness (QED) is 0.799. The summed E-state index contributed by atoms with van der Waals surface area (Å²) in [5, 5.41) is 13.1. The summed E-state index contributed by atoms with van der Waals surface area (Å²) in [6.07, 6.45) is 2.76. The third-order valence-corrected chi connectivity index (χ3v) is 3.76. The first-order chi connectivity index (χ1) is 9.74. The minimum Gasteiger partial charge on any atom is -0.325 e. The minimum absolute atomic E-state index is 0.0387. The van der Waals surface area contributed by atoms with E-state index in [4.69, 9.17) is 0 Å². The Kier molecular flexibility index (Phi) is 3.52. The molecule has 2 aromatic rings. The first-order valence-corrected chi connectivity index (χ1v) is 6.88. The fourth-order valence-electron chi connectivity index (χ4n) is 2.59. The number of rotatable bonds is 3. The van der Waals surface area contributed by atoms with Crippen molar-refractivity contribution in [1.82, 2.24) is 15.5 Å². The smallest absolute Gasteiger partial charge is 0.241 e. The lowest BCUT2D eigenvalue weighted by Gasteiger charge is -2.15. The molecule has 3 N–H and O–H groups in total. The van der Waals surface area contributed by atoms with E-state index in [1.54, 1.807) is 6.20 Å². The first kappa shape index (κ1) is 12.9. The number of benzene rings is 1. The van der Waals surface area contributed by atoms with Gasteiger partial charge in [0.05, 0.1) is 11.7 Å². The second-order valence-electron chi connectivity index (χ2n) is 5.24. The number of nitrogens with zero attached hydrogens (tertiary/aromatic N) is 1. The Labute approximate surface area is 117 Å². The monoisotopic (exact) mass is 270 g/mol. The molecule has 0 spiro atoms. The Morgan fingerprint density at radius 3 is 3.00 bits per heavy atom. The van der Waals surface area contributed by atoms with Crippen molar-refractivity contribution in [3.8, 4) is 11.3 Å². The number of amides is 1. The molecule has 1 amide bonds. The van der Waals surface area contributed by atoms with Gasteiger partial charge in [0.15, 0.2) is 0 Å². The summed E-state index contributed by atoms with van der Waals surface area (Å²) in [4.78, 5) is 12.2. The number of aromatic amines is 1. The van der Waals surface area contributed by atoms with Gasteiger partial charge in [0.1, 0.15) is 0 Å². The van der Waals surface area contributed by atoms with Crippen molar-refractivity contribution in [2.75, 3.05) is 11.9 Å². The van der Waals surface area contributed by atoms with Crippen LogP contribution in [0.25, 0.3) is 11.3 Å². The maximum Gasteiger partial charge on any atom is 0.241 e. The van der Waals surface area contributed by atoms with E-state index in [9.17, 15) is 4.79 Å². The molecule has 5 heteroatoms. The van der Waals surface area contributed by atoms with Gasteiger partial charge in [-0.1, -0.05) is 19.1 Å². The summed E-state index contributed by atoms with van der Waals surface area (Å²) in [6.45, 7) is 3.01. The number of nitrogens with one attached hydrogen (secondary N) is 3. The van der Waals surface area contributed by atoms with Gasteiger partial charge in [-0.2, -0.15) is 5.10 Å². The SMILES string of the molecule is CC1CCNC1C(=O)Nc1cccc(-c2ccn[nH]2)c1. The van der Waals surface area contributed by atoms with Crippen molar-refractivity contribution >= 4 is 11.6 Å². The molecule has 1 aliphatic rings. The predicted molar refractivity (Wildman–Crippen MR) is 78.2 cm³/mol. The van der Waals surface area contributed by atoms with Crippen molar-refractivity contribution in [1.29, 1.82) is 0 Å². The highest BCUT2D eigenvalue weighted by molar-refractivity contribution is 5.95. The molecule has 3 rings (SSSR count). The van der Waals surface area contributed by atoms with Crippen LogP contribution in [-0.2, 0) is 4.79 Å². The molecule has 2 heterocycles. The average molecular weight is 270 g/mol. The molecule has 1 fully saturated rings. The summed E-state index contributed by atoms with van der Waals surface area (Å²) in [5.74, 6) is 0.419. The van der Waals surface area contributed by atoms with Gasteiger partial charge in [-0.25, -0.2) is 0 Å². The van der Waals surface area contributed by atoms with Crippen LogP contribution in [-0.4, -0.2) is 28.7 Å². The van der Waals surface area contributed by atoms with E-state index in [0.717, 1.165) is 29.9 Å². The Bertz CT molecular complexity index is 594. The highest BCUT2D eigenvalue weighted by Gasteiger charge is 2.29. The topological polar surface area (TPSA) is 69.8 Å². The number of hydrogen-bond acceptors (Lipinski definition) is 3. The van der Waals surface area contributed by atoms with Crippen molar-refractivity contribution in [3.63, 3.8) is 0 Å².